The Kier molecular flexibility index (Phi) is 7.11. The van der Waals surface area contributed by atoms with Crippen LogP contribution in [0.25, 0.3) is 0 Å². The van der Waals surface area contributed by atoms with Crippen LogP contribution in [-0.2, 0) is 9.53 Å². The molecular weight excluding hydrogens is 459 g/mol. The van der Waals surface area contributed by atoms with E-state index in [-0.39, 0.29) is 12.8 Å². The van der Waals surface area contributed by atoms with Crippen molar-refractivity contribution in [3.05, 3.63) is 12.3 Å². The van der Waals surface area contributed by atoms with Gasteiger partial charge in [0.2, 0.25) is 0 Å². The van der Waals surface area contributed by atoms with Crippen molar-refractivity contribution in [3.63, 3.8) is 0 Å². The molecular formula is C15H13F13O2. The maximum Gasteiger partial charge on any atom is 0.460 e. The third-order valence-electron chi connectivity index (χ3n) is 4.22. The second kappa shape index (κ2) is 8.09. The van der Waals surface area contributed by atoms with E-state index in [1.54, 1.807) is 0 Å². The number of unbranched alkanes of at least 4 members (excludes halogenated alkanes) is 1. The number of hydrogen-bond acceptors (Lipinski definition) is 2. The minimum atomic E-state index is -7.88. The number of halogens is 13. The first-order valence-corrected chi connectivity index (χ1v) is 8.03. The Bertz CT molecular complexity index is 651. The average Bonchev–Trinajstić information content (AvgIpc) is 2.57. The molecule has 0 radical (unpaired) electrons. The van der Waals surface area contributed by atoms with Crippen LogP contribution in [0, 0.1) is 0 Å². The van der Waals surface area contributed by atoms with Crippen molar-refractivity contribution in [2.75, 3.05) is 0 Å². The van der Waals surface area contributed by atoms with E-state index in [0.29, 0.717) is 0 Å². The molecule has 1 heterocycles. The highest BCUT2D eigenvalue weighted by Gasteiger charge is 2.90. The quantitative estimate of drug-likeness (QED) is 0.297. The van der Waals surface area contributed by atoms with Gasteiger partial charge in [0.05, 0.1) is 6.26 Å². The molecule has 1 unspecified atom stereocenters. The standard InChI is InChI=1S/C15H13F13O2/c16-10(17,5-2-1-3-9-7-8(29)4-6-30-9)11(18,19)12(20,21)13(22,23)14(24,25)15(26,27)28/h4,6,9H,1-3,5,7H2. The maximum absolute atomic E-state index is 13.6. The molecule has 15 heteroatoms. The molecule has 0 spiro atoms. The minimum absolute atomic E-state index is 0.208. The zero-order valence-electron chi connectivity index (χ0n) is 14.5. The molecule has 0 aromatic heterocycles. The van der Waals surface area contributed by atoms with Gasteiger partial charge in [-0.25, -0.2) is 0 Å². The number of carbonyl (C=O) groups is 1. The summed E-state index contributed by atoms with van der Waals surface area (Å²) in [6, 6.07) is 0. The number of allylic oxidation sites excluding steroid dienone is 1. The van der Waals surface area contributed by atoms with E-state index in [1.807, 2.05) is 0 Å². The number of alkyl halides is 13. The van der Waals surface area contributed by atoms with Crippen molar-refractivity contribution < 1.29 is 66.6 Å². The summed E-state index contributed by atoms with van der Waals surface area (Å²) in [6.07, 6.45) is -10.4. The van der Waals surface area contributed by atoms with Crippen LogP contribution in [-0.4, -0.2) is 47.7 Å². The second-order valence-electron chi connectivity index (χ2n) is 6.48. The Morgan fingerprint density at radius 1 is 0.767 bits per heavy atom. The van der Waals surface area contributed by atoms with E-state index in [9.17, 15) is 61.9 Å². The van der Waals surface area contributed by atoms with Crippen molar-refractivity contribution in [2.45, 2.75) is 74.0 Å². The molecule has 1 rings (SSSR count). The lowest BCUT2D eigenvalue weighted by Crippen LogP contribution is -2.70. The van der Waals surface area contributed by atoms with E-state index < -0.39 is 66.9 Å². The van der Waals surface area contributed by atoms with Crippen LogP contribution in [0.1, 0.15) is 32.1 Å². The molecule has 1 atom stereocenters. The van der Waals surface area contributed by atoms with Crippen LogP contribution in [0.15, 0.2) is 12.3 Å². The van der Waals surface area contributed by atoms with Gasteiger partial charge in [0.15, 0.2) is 5.78 Å². The van der Waals surface area contributed by atoms with E-state index in [0.717, 1.165) is 12.3 Å². The normalized spacial score (nSPS) is 19.8. The van der Waals surface area contributed by atoms with Gasteiger partial charge in [0.25, 0.3) is 0 Å². The van der Waals surface area contributed by atoms with Crippen molar-refractivity contribution in [3.8, 4) is 0 Å². The molecule has 0 bridgehead atoms. The SMILES string of the molecule is O=C1C=COC(CCCCC(F)(F)C(F)(F)C(F)(F)C(F)(F)C(F)(F)C(F)(F)F)C1. The van der Waals surface area contributed by atoms with Crippen LogP contribution in [0.2, 0.25) is 0 Å². The summed E-state index contributed by atoms with van der Waals surface area (Å²) in [5.41, 5.74) is 0. The number of rotatable bonds is 9. The average molecular weight is 472 g/mol. The van der Waals surface area contributed by atoms with Gasteiger partial charge in [-0.2, -0.15) is 57.1 Å². The van der Waals surface area contributed by atoms with Gasteiger partial charge in [-0.3, -0.25) is 4.79 Å². The zero-order valence-corrected chi connectivity index (χ0v) is 14.5. The number of carbonyl (C=O) groups excluding carboxylic acids is 1. The maximum atomic E-state index is 13.6. The predicted octanol–water partition coefficient (Wildman–Crippen LogP) is 6.16. The summed E-state index contributed by atoms with van der Waals surface area (Å²) >= 11 is 0. The molecule has 176 valence electrons. The van der Waals surface area contributed by atoms with Gasteiger partial charge in [0.1, 0.15) is 6.10 Å². The van der Waals surface area contributed by atoms with Gasteiger partial charge in [0, 0.05) is 18.9 Å². The van der Waals surface area contributed by atoms with Gasteiger partial charge < -0.3 is 4.74 Å². The molecule has 1 aliphatic heterocycles. The summed E-state index contributed by atoms with van der Waals surface area (Å²) in [7, 11) is 0. The molecule has 0 N–H and O–H groups in total. The lowest BCUT2D eigenvalue weighted by Gasteiger charge is -2.39. The number of hydrogen-bond donors (Lipinski definition) is 0. The molecule has 30 heavy (non-hydrogen) atoms. The highest BCUT2D eigenvalue weighted by Crippen LogP contribution is 2.60. The Balaban J connectivity index is 2.92. The van der Waals surface area contributed by atoms with Crippen LogP contribution < -0.4 is 0 Å². The van der Waals surface area contributed by atoms with Crippen LogP contribution >= 0.6 is 0 Å². The fourth-order valence-electron chi connectivity index (χ4n) is 2.41. The molecule has 0 aliphatic carbocycles. The Morgan fingerprint density at radius 3 is 1.73 bits per heavy atom. The lowest BCUT2D eigenvalue weighted by atomic mass is 9.91. The Labute approximate surface area is 160 Å². The van der Waals surface area contributed by atoms with Crippen LogP contribution in [0.3, 0.4) is 0 Å². The summed E-state index contributed by atoms with van der Waals surface area (Å²) in [5.74, 6) is -37.1. The van der Waals surface area contributed by atoms with Gasteiger partial charge in [-0.05, 0) is 19.3 Å². The molecule has 0 fully saturated rings. The third kappa shape index (κ3) is 4.48. The number of ketones is 1. The van der Waals surface area contributed by atoms with Crippen molar-refractivity contribution in [1.82, 2.24) is 0 Å². The van der Waals surface area contributed by atoms with E-state index >= 15 is 0 Å². The molecule has 0 saturated heterocycles. The molecule has 2 nitrogen and oxygen atoms in total. The molecule has 0 aromatic carbocycles. The Morgan fingerprint density at radius 2 is 1.27 bits per heavy atom. The molecule has 0 aromatic rings. The second-order valence-corrected chi connectivity index (χ2v) is 6.48. The third-order valence-corrected chi connectivity index (χ3v) is 4.22. The summed E-state index contributed by atoms with van der Waals surface area (Å²) in [4.78, 5) is 11.1. The highest BCUT2D eigenvalue weighted by molar-refractivity contribution is 5.90. The summed E-state index contributed by atoms with van der Waals surface area (Å²) in [6.45, 7) is 0. The smallest absolute Gasteiger partial charge is 0.460 e. The van der Waals surface area contributed by atoms with Crippen LogP contribution in [0.5, 0.6) is 0 Å². The van der Waals surface area contributed by atoms with Gasteiger partial charge in [-0.1, -0.05) is 0 Å². The van der Waals surface area contributed by atoms with Crippen molar-refractivity contribution in [1.29, 1.82) is 0 Å². The highest BCUT2D eigenvalue weighted by atomic mass is 19.4. The monoisotopic (exact) mass is 472 g/mol. The first-order chi connectivity index (χ1) is 13.2. The fourth-order valence-corrected chi connectivity index (χ4v) is 2.41. The first-order valence-electron chi connectivity index (χ1n) is 8.03. The van der Waals surface area contributed by atoms with E-state index in [4.69, 9.17) is 4.74 Å². The lowest BCUT2D eigenvalue weighted by molar-refractivity contribution is -0.440. The largest absolute Gasteiger partial charge is 0.497 e. The van der Waals surface area contributed by atoms with Gasteiger partial charge in [-0.15, -0.1) is 0 Å². The number of ether oxygens (including phenoxy) is 1. The first kappa shape index (κ1) is 26.3. The predicted molar refractivity (Wildman–Crippen MR) is 72.9 cm³/mol. The zero-order chi connectivity index (χ0) is 23.8. The van der Waals surface area contributed by atoms with Gasteiger partial charge >= 0.3 is 35.8 Å². The minimum Gasteiger partial charge on any atom is -0.497 e. The molecule has 0 amide bonds. The van der Waals surface area contributed by atoms with Crippen molar-refractivity contribution >= 4 is 5.78 Å². The van der Waals surface area contributed by atoms with E-state index in [1.165, 1.54) is 0 Å². The van der Waals surface area contributed by atoms with Crippen LogP contribution in [0.4, 0.5) is 57.1 Å². The summed E-state index contributed by atoms with van der Waals surface area (Å²) < 4.78 is 173. The molecule has 0 saturated carbocycles. The Hall–Kier alpha value is -1.70. The van der Waals surface area contributed by atoms with E-state index in [2.05, 4.69) is 0 Å². The fraction of sp³-hybridized carbons (Fsp3) is 0.800. The molecule has 1 aliphatic rings. The topological polar surface area (TPSA) is 26.3 Å². The van der Waals surface area contributed by atoms with Crippen molar-refractivity contribution in [2.24, 2.45) is 0 Å². The summed E-state index contributed by atoms with van der Waals surface area (Å²) in [5, 5.41) is 0.